The number of nitrogen functional groups attached to an aromatic ring is 1. The lowest BCUT2D eigenvalue weighted by molar-refractivity contribution is -0.137. The number of anilines is 1. The molecule has 20 heavy (non-hydrogen) atoms. The zero-order valence-corrected chi connectivity index (χ0v) is 10.6. The van der Waals surface area contributed by atoms with Crippen LogP contribution in [0.4, 0.5) is 18.9 Å². The summed E-state index contributed by atoms with van der Waals surface area (Å²) in [6.07, 6.45) is -1.60. The number of aryl methyl sites for hydroxylation is 1. The van der Waals surface area contributed by atoms with E-state index in [2.05, 4.69) is 10.2 Å². The Balaban J connectivity index is 2.12. The summed E-state index contributed by atoms with van der Waals surface area (Å²) in [6, 6.07) is 3.29. The minimum Gasteiger partial charge on any atom is -0.398 e. The number of aromatic nitrogens is 3. The molecule has 0 atom stereocenters. The average Bonchev–Trinajstić information content (AvgIpc) is 2.82. The molecule has 2 heterocycles. The predicted molar refractivity (Wildman–Crippen MR) is 67.8 cm³/mol. The normalized spacial score (nSPS) is 15.2. The van der Waals surface area contributed by atoms with Crippen molar-refractivity contribution in [3.05, 3.63) is 29.6 Å². The second kappa shape index (κ2) is 4.50. The molecule has 0 fully saturated rings. The van der Waals surface area contributed by atoms with E-state index in [1.165, 1.54) is 6.07 Å². The number of halogens is 3. The molecule has 0 saturated heterocycles. The molecule has 1 aliphatic heterocycles. The first-order valence-corrected chi connectivity index (χ1v) is 6.36. The molecular weight excluding hydrogens is 269 g/mol. The maximum Gasteiger partial charge on any atom is 0.416 e. The third kappa shape index (κ3) is 2.13. The number of hydrogen-bond donors (Lipinski definition) is 1. The van der Waals surface area contributed by atoms with Crippen molar-refractivity contribution < 1.29 is 13.2 Å². The molecule has 2 N–H and O–H groups in total. The number of nitrogens with two attached hydrogens (primary N) is 1. The maximum absolute atomic E-state index is 12.8. The Morgan fingerprint density at radius 3 is 2.70 bits per heavy atom. The molecule has 1 aromatic heterocycles. The topological polar surface area (TPSA) is 56.7 Å². The van der Waals surface area contributed by atoms with E-state index in [-0.39, 0.29) is 5.69 Å². The standard InChI is InChI=1S/C13H13F3N4/c14-13(15,16)8-4-5-10(17)9(7-8)12-19-18-11-3-1-2-6-20(11)12/h4-5,7H,1-3,6,17H2. The molecule has 7 heteroatoms. The summed E-state index contributed by atoms with van der Waals surface area (Å²) in [5, 5.41) is 8.06. The average molecular weight is 282 g/mol. The highest BCUT2D eigenvalue weighted by Gasteiger charge is 2.31. The van der Waals surface area contributed by atoms with Gasteiger partial charge in [-0.25, -0.2) is 0 Å². The van der Waals surface area contributed by atoms with Crippen LogP contribution in [0.25, 0.3) is 11.4 Å². The van der Waals surface area contributed by atoms with Crippen LogP contribution in [-0.2, 0) is 19.1 Å². The zero-order chi connectivity index (χ0) is 14.3. The van der Waals surface area contributed by atoms with Crippen molar-refractivity contribution in [2.24, 2.45) is 0 Å². The molecule has 0 spiro atoms. The second-order valence-electron chi connectivity index (χ2n) is 4.85. The van der Waals surface area contributed by atoms with Crippen LogP contribution in [0.2, 0.25) is 0 Å². The van der Waals surface area contributed by atoms with Gasteiger partial charge in [-0.05, 0) is 31.0 Å². The molecule has 4 nitrogen and oxygen atoms in total. The fourth-order valence-corrected chi connectivity index (χ4v) is 2.43. The molecule has 0 unspecified atom stereocenters. The van der Waals surface area contributed by atoms with E-state index in [1.807, 2.05) is 4.57 Å². The molecule has 0 bridgehead atoms. The highest BCUT2D eigenvalue weighted by atomic mass is 19.4. The van der Waals surface area contributed by atoms with Crippen LogP contribution in [-0.4, -0.2) is 14.8 Å². The summed E-state index contributed by atoms with van der Waals surface area (Å²) >= 11 is 0. The van der Waals surface area contributed by atoms with Crippen LogP contribution in [0.1, 0.15) is 24.2 Å². The first kappa shape index (κ1) is 13.0. The van der Waals surface area contributed by atoms with Gasteiger partial charge < -0.3 is 10.3 Å². The molecular formula is C13H13F3N4. The lowest BCUT2D eigenvalue weighted by atomic mass is 10.1. The van der Waals surface area contributed by atoms with E-state index in [9.17, 15) is 13.2 Å². The SMILES string of the molecule is Nc1ccc(C(F)(F)F)cc1-c1nnc2n1CCCC2. The van der Waals surface area contributed by atoms with Crippen molar-refractivity contribution in [1.82, 2.24) is 14.8 Å². The second-order valence-corrected chi connectivity index (χ2v) is 4.85. The molecule has 3 rings (SSSR count). The quantitative estimate of drug-likeness (QED) is 0.818. The number of fused-ring (bicyclic) bond motifs is 1. The summed E-state index contributed by atoms with van der Waals surface area (Å²) in [7, 11) is 0. The van der Waals surface area contributed by atoms with Gasteiger partial charge >= 0.3 is 6.18 Å². The summed E-state index contributed by atoms with van der Waals surface area (Å²) in [5.74, 6) is 1.23. The van der Waals surface area contributed by atoms with E-state index >= 15 is 0 Å². The number of rotatable bonds is 1. The van der Waals surface area contributed by atoms with E-state index in [0.717, 1.165) is 37.2 Å². The molecule has 0 amide bonds. The lowest BCUT2D eigenvalue weighted by Crippen LogP contribution is -2.12. The van der Waals surface area contributed by atoms with Gasteiger partial charge in [0.05, 0.1) is 5.56 Å². The van der Waals surface area contributed by atoms with Gasteiger partial charge in [0.25, 0.3) is 0 Å². The summed E-state index contributed by atoms with van der Waals surface area (Å²) in [4.78, 5) is 0. The molecule has 0 saturated carbocycles. The zero-order valence-electron chi connectivity index (χ0n) is 10.6. The lowest BCUT2D eigenvalue weighted by Gasteiger charge is -2.16. The van der Waals surface area contributed by atoms with Crippen LogP contribution in [0.5, 0.6) is 0 Å². The summed E-state index contributed by atoms with van der Waals surface area (Å²) in [6.45, 7) is 0.716. The van der Waals surface area contributed by atoms with Gasteiger partial charge in [-0.1, -0.05) is 0 Å². The summed E-state index contributed by atoms with van der Waals surface area (Å²) in [5.41, 5.74) is 5.65. The van der Waals surface area contributed by atoms with Gasteiger partial charge in [0.15, 0.2) is 5.82 Å². The largest absolute Gasteiger partial charge is 0.416 e. The third-order valence-corrected chi connectivity index (χ3v) is 3.48. The molecule has 0 aliphatic carbocycles. The van der Waals surface area contributed by atoms with Crippen molar-refractivity contribution in [1.29, 1.82) is 0 Å². The van der Waals surface area contributed by atoms with Crippen molar-refractivity contribution in [3.8, 4) is 11.4 Å². The Morgan fingerprint density at radius 2 is 1.95 bits per heavy atom. The Morgan fingerprint density at radius 1 is 1.15 bits per heavy atom. The van der Waals surface area contributed by atoms with Gasteiger partial charge in [0, 0.05) is 24.2 Å². The Bertz CT molecular complexity index is 646. The van der Waals surface area contributed by atoms with E-state index in [1.54, 1.807) is 0 Å². The molecule has 1 aliphatic rings. The smallest absolute Gasteiger partial charge is 0.398 e. The first-order valence-electron chi connectivity index (χ1n) is 6.36. The van der Waals surface area contributed by atoms with Crippen molar-refractivity contribution in [2.75, 3.05) is 5.73 Å². The van der Waals surface area contributed by atoms with Crippen LogP contribution in [0.3, 0.4) is 0 Å². The van der Waals surface area contributed by atoms with Crippen LogP contribution in [0, 0.1) is 0 Å². The van der Waals surface area contributed by atoms with Gasteiger partial charge in [0.1, 0.15) is 5.82 Å². The van der Waals surface area contributed by atoms with Gasteiger partial charge in [-0.2, -0.15) is 13.2 Å². The van der Waals surface area contributed by atoms with Crippen LogP contribution in [0.15, 0.2) is 18.2 Å². The van der Waals surface area contributed by atoms with Crippen LogP contribution >= 0.6 is 0 Å². The van der Waals surface area contributed by atoms with E-state index < -0.39 is 11.7 Å². The Kier molecular flexibility index (Phi) is 2.92. The van der Waals surface area contributed by atoms with Gasteiger partial charge in [-0.3, -0.25) is 0 Å². The van der Waals surface area contributed by atoms with Crippen molar-refractivity contribution >= 4 is 5.69 Å². The predicted octanol–water partition coefficient (Wildman–Crippen LogP) is 2.88. The molecule has 2 aromatic rings. The monoisotopic (exact) mass is 282 g/mol. The summed E-state index contributed by atoms with van der Waals surface area (Å²) < 4.78 is 40.2. The minimum absolute atomic E-state index is 0.277. The first-order chi connectivity index (χ1) is 9.47. The number of hydrogen-bond acceptors (Lipinski definition) is 3. The highest BCUT2D eigenvalue weighted by Crippen LogP contribution is 2.35. The molecule has 106 valence electrons. The fourth-order valence-electron chi connectivity index (χ4n) is 2.43. The van der Waals surface area contributed by atoms with Crippen LogP contribution < -0.4 is 5.73 Å². The maximum atomic E-state index is 12.8. The van der Waals surface area contributed by atoms with Gasteiger partial charge in [0.2, 0.25) is 0 Å². The highest BCUT2D eigenvalue weighted by molar-refractivity contribution is 5.72. The molecule has 1 aromatic carbocycles. The number of alkyl halides is 3. The van der Waals surface area contributed by atoms with E-state index in [4.69, 9.17) is 5.73 Å². The number of benzene rings is 1. The minimum atomic E-state index is -4.40. The van der Waals surface area contributed by atoms with Gasteiger partial charge in [-0.15, -0.1) is 10.2 Å². The Hall–Kier alpha value is -2.05. The Labute approximate surface area is 113 Å². The van der Waals surface area contributed by atoms with E-state index in [0.29, 0.717) is 17.9 Å². The number of nitrogens with zero attached hydrogens (tertiary/aromatic N) is 3. The van der Waals surface area contributed by atoms with Crippen molar-refractivity contribution in [3.63, 3.8) is 0 Å². The van der Waals surface area contributed by atoms with Crippen molar-refractivity contribution in [2.45, 2.75) is 32.0 Å². The third-order valence-electron chi connectivity index (χ3n) is 3.48. The fraction of sp³-hybridized carbons (Fsp3) is 0.385. The molecule has 0 radical (unpaired) electrons.